The topological polar surface area (TPSA) is 91.2 Å². The fourth-order valence-corrected chi connectivity index (χ4v) is 4.75. The molecule has 1 atom stereocenters. The molecule has 5 rings (SSSR count). The largest absolute Gasteiger partial charge is 0.493 e. The Morgan fingerprint density at radius 3 is 2.82 bits per heavy atom. The standard InChI is InChI=1S/C24H24ClN5O3/c1-24(2)11-17-21(18(31)12-24)22(30-23(26-17)27-28-29-30)15-7-8-19(20(10-15)32-3)33-13-14-5-4-6-16(25)9-14/h4-10,22H,11-13H2,1-3H3,(H,26,27,29). The first-order valence-electron chi connectivity index (χ1n) is 10.7. The number of Topliss-reactive ketones (excluding diaryl/α,β-unsaturated/α-hetero) is 1. The molecule has 1 aliphatic carbocycles. The number of fused-ring (bicyclic) bond motifs is 1. The van der Waals surface area contributed by atoms with Crippen molar-refractivity contribution in [3.63, 3.8) is 0 Å². The molecule has 0 bridgehead atoms. The summed E-state index contributed by atoms with van der Waals surface area (Å²) in [5.74, 6) is 1.77. The van der Waals surface area contributed by atoms with Gasteiger partial charge in [0.25, 0.3) is 0 Å². The number of halogens is 1. The number of ether oxygens (including phenoxy) is 2. The summed E-state index contributed by atoms with van der Waals surface area (Å²) in [6.45, 7) is 4.54. The van der Waals surface area contributed by atoms with Crippen LogP contribution in [0.1, 0.15) is 43.9 Å². The van der Waals surface area contributed by atoms with Gasteiger partial charge in [-0.2, -0.15) is 4.68 Å². The fourth-order valence-electron chi connectivity index (χ4n) is 4.54. The maximum absolute atomic E-state index is 13.2. The minimum absolute atomic E-state index is 0.0974. The number of allylic oxidation sites excluding steroid dienone is 2. The molecule has 2 aromatic carbocycles. The van der Waals surface area contributed by atoms with Crippen LogP contribution in [0.15, 0.2) is 53.7 Å². The van der Waals surface area contributed by atoms with Gasteiger partial charge in [-0.05, 0) is 57.7 Å². The summed E-state index contributed by atoms with van der Waals surface area (Å²) < 4.78 is 13.3. The van der Waals surface area contributed by atoms with Crippen LogP contribution in [0.4, 0.5) is 5.95 Å². The Labute approximate surface area is 196 Å². The predicted octanol–water partition coefficient (Wildman–Crippen LogP) is 4.57. The molecule has 9 heteroatoms. The van der Waals surface area contributed by atoms with Gasteiger partial charge >= 0.3 is 0 Å². The van der Waals surface area contributed by atoms with Crippen molar-refractivity contribution in [2.75, 3.05) is 12.4 Å². The molecule has 8 nitrogen and oxygen atoms in total. The van der Waals surface area contributed by atoms with E-state index in [1.807, 2.05) is 42.5 Å². The first-order valence-corrected chi connectivity index (χ1v) is 11.1. The Kier molecular flexibility index (Phi) is 5.32. The number of hydrogen-bond donors (Lipinski definition) is 1. The average Bonchev–Trinajstić information content (AvgIpc) is 3.23. The lowest BCUT2D eigenvalue weighted by Gasteiger charge is -2.37. The lowest BCUT2D eigenvalue weighted by Crippen LogP contribution is -2.36. The van der Waals surface area contributed by atoms with Crippen molar-refractivity contribution in [3.05, 3.63) is 69.9 Å². The number of nitrogens with one attached hydrogen (secondary N) is 1. The predicted molar refractivity (Wildman–Crippen MR) is 123 cm³/mol. The Hall–Kier alpha value is -3.39. The first kappa shape index (κ1) is 21.5. The van der Waals surface area contributed by atoms with Crippen molar-refractivity contribution in [2.24, 2.45) is 5.41 Å². The number of aromatic nitrogens is 4. The van der Waals surface area contributed by atoms with Crippen molar-refractivity contribution in [1.29, 1.82) is 0 Å². The lowest BCUT2D eigenvalue weighted by molar-refractivity contribution is -0.118. The zero-order valence-electron chi connectivity index (χ0n) is 18.6. The van der Waals surface area contributed by atoms with Crippen LogP contribution in [-0.4, -0.2) is 33.1 Å². The SMILES string of the molecule is COc1cc(C2C3=C(CC(C)(C)CC3=O)Nc3nnnn32)ccc1OCc1cccc(Cl)c1. The van der Waals surface area contributed by atoms with E-state index in [1.165, 1.54) is 0 Å². The van der Waals surface area contributed by atoms with Crippen LogP contribution in [0.2, 0.25) is 5.02 Å². The number of ketones is 1. The molecule has 0 saturated carbocycles. The number of carbonyl (C=O) groups is 1. The summed E-state index contributed by atoms with van der Waals surface area (Å²) in [5, 5.41) is 16.0. The second kappa shape index (κ2) is 8.19. The molecule has 0 radical (unpaired) electrons. The number of methoxy groups -OCH3 is 1. The second-order valence-corrected chi connectivity index (χ2v) is 9.57. The van der Waals surface area contributed by atoms with E-state index < -0.39 is 6.04 Å². The van der Waals surface area contributed by atoms with Crippen LogP contribution in [0, 0.1) is 5.41 Å². The Morgan fingerprint density at radius 1 is 1.18 bits per heavy atom. The normalized spacial score (nSPS) is 18.9. The third-order valence-corrected chi connectivity index (χ3v) is 6.22. The Balaban J connectivity index is 1.50. The van der Waals surface area contributed by atoms with E-state index in [2.05, 4.69) is 34.7 Å². The monoisotopic (exact) mass is 465 g/mol. The van der Waals surface area contributed by atoms with Gasteiger partial charge in [0.2, 0.25) is 5.95 Å². The molecular formula is C24H24ClN5O3. The number of tetrazole rings is 1. The smallest absolute Gasteiger partial charge is 0.248 e. The van der Waals surface area contributed by atoms with Gasteiger partial charge in [0.05, 0.1) is 7.11 Å². The molecule has 2 heterocycles. The number of hydrogen-bond acceptors (Lipinski definition) is 7. The summed E-state index contributed by atoms with van der Waals surface area (Å²) in [6.07, 6.45) is 1.22. The van der Waals surface area contributed by atoms with Crippen molar-refractivity contribution in [1.82, 2.24) is 20.2 Å². The minimum atomic E-state index is -0.439. The van der Waals surface area contributed by atoms with E-state index in [0.29, 0.717) is 41.1 Å². The van der Waals surface area contributed by atoms with Gasteiger partial charge < -0.3 is 14.8 Å². The van der Waals surface area contributed by atoms with Crippen molar-refractivity contribution in [3.8, 4) is 11.5 Å². The molecule has 1 aliphatic heterocycles. The summed E-state index contributed by atoms with van der Waals surface area (Å²) >= 11 is 6.07. The highest BCUT2D eigenvalue weighted by Gasteiger charge is 2.42. The van der Waals surface area contributed by atoms with Gasteiger partial charge in [0.1, 0.15) is 12.6 Å². The molecule has 0 fully saturated rings. The van der Waals surface area contributed by atoms with E-state index in [4.69, 9.17) is 21.1 Å². The van der Waals surface area contributed by atoms with Gasteiger partial charge in [-0.3, -0.25) is 4.79 Å². The highest BCUT2D eigenvalue weighted by Crippen LogP contribution is 2.46. The Morgan fingerprint density at radius 2 is 2.03 bits per heavy atom. The summed E-state index contributed by atoms with van der Waals surface area (Å²) in [7, 11) is 1.59. The molecule has 1 unspecified atom stereocenters. The van der Waals surface area contributed by atoms with E-state index in [0.717, 1.165) is 23.2 Å². The molecule has 1 aromatic heterocycles. The zero-order valence-corrected chi connectivity index (χ0v) is 19.4. The highest BCUT2D eigenvalue weighted by atomic mass is 35.5. The second-order valence-electron chi connectivity index (χ2n) is 9.14. The summed E-state index contributed by atoms with van der Waals surface area (Å²) in [5.41, 5.74) is 3.25. The van der Waals surface area contributed by atoms with E-state index in [-0.39, 0.29) is 11.2 Å². The summed E-state index contributed by atoms with van der Waals surface area (Å²) in [4.78, 5) is 13.2. The van der Waals surface area contributed by atoms with E-state index >= 15 is 0 Å². The lowest BCUT2D eigenvalue weighted by atomic mass is 9.73. The van der Waals surface area contributed by atoms with Crippen LogP contribution in [-0.2, 0) is 11.4 Å². The van der Waals surface area contributed by atoms with Crippen LogP contribution in [0.25, 0.3) is 0 Å². The quantitative estimate of drug-likeness (QED) is 0.590. The van der Waals surface area contributed by atoms with Crippen LogP contribution in [0.5, 0.6) is 11.5 Å². The highest BCUT2D eigenvalue weighted by molar-refractivity contribution is 6.30. The van der Waals surface area contributed by atoms with E-state index in [1.54, 1.807) is 11.8 Å². The van der Waals surface area contributed by atoms with Gasteiger partial charge in [-0.25, -0.2) is 0 Å². The van der Waals surface area contributed by atoms with E-state index in [9.17, 15) is 4.79 Å². The molecule has 0 amide bonds. The molecule has 33 heavy (non-hydrogen) atoms. The summed E-state index contributed by atoms with van der Waals surface area (Å²) in [6, 6.07) is 12.7. The zero-order chi connectivity index (χ0) is 23.2. The first-order chi connectivity index (χ1) is 15.8. The van der Waals surface area contributed by atoms with Crippen molar-refractivity contribution >= 4 is 23.3 Å². The van der Waals surface area contributed by atoms with Gasteiger partial charge in [-0.15, -0.1) is 0 Å². The molecule has 3 aromatic rings. The van der Waals surface area contributed by atoms with Crippen LogP contribution < -0.4 is 14.8 Å². The van der Waals surface area contributed by atoms with Crippen molar-refractivity contribution in [2.45, 2.75) is 39.3 Å². The average molecular weight is 466 g/mol. The van der Waals surface area contributed by atoms with Gasteiger partial charge in [-0.1, -0.05) is 48.7 Å². The minimum Gasteiger partial charge on any atom is -0.493 e. The number of anilines is 1. The number of rotatable bonds is 5. The number of nitrogens with zero attached hydrogens (tertiary/aromatic N) is 4. The molecular weight excluding hydrogens is 442 g/mol. The Bertz CT molecular complexity index is 1270. The third kappa shape index (κ3) is 4.06. The molecule has 1 N–H and O–H groups in total. The number of carbonyl (C=O) groups excluding carboxylic acids is 1. The van der Waals surface area contributed by atoms with Gasteiger partial charge in [0, 0.05) is 22.7 Å². The maximum Gasteiger partial charge on any atom is 0.248 e. The van der Waals surface area contributed by atoms with Gasteiger partial charge in [0.15, 0.2) is 17.3 Å². The van der Waals surface area contributed by atoms with Crippen LogP contribution in [0.3, 0.4) is 0 Å². The van der Waals surface area contributed by atoms with Crippen LogP contribution >= 0.6 is 11.6 Å². The molecule has 0 saturated heterocycles. The fraction of sp³-hybridized carbons (Fsp3) is 0.333. The maximum atomic E-state index is 13.2. The number of benzene rings is 2. The molecule has 0 spiro atoms. The molecule has 170 valence electrons. The van der Waals surface area contributed by atoms with Crippen molar-refractivity contribution < 1.29 is 14.3 Å². The molecule has 2 aliphatic rings. The third-order valence-electron chi connectivity index (χ3n) is 5.98.